The monoisotopic (exact) mass is 577 g/mol. The Morgan fingerprint density at radius 1 is 0.951 bits per heavy atom. The SMILES string of the molecule is CCC(C(=O)NC1CCCC1)N(Cc1ccccc1)C(=O)CN(c1ccc(OC)cc1)S(=O)(=O)c1ccc(C)cc1. The molecule has 0 aliphatic heterocycles. The lowest BCUT2D eigenvalue weighted by molar-refractivity contribution is -0.140. The maximum absolute atomic E-state index is 14.1. The zero-order chi connectivity index (χ0) is 29.4. The highest BCUT2D eigenvalue weighted by atomic mass is 32.2. The Balaban J connectivity index is 1.70. The molecule has 0 saturated heterocycles. The van der Waals surface area contributed by atoms with E-state index in [2.05, 4.69) is 5.32 Å². The summed E-state index contributed by atoms with van der Waals surface area (Å²) in [6, 6.07) is 21.9. The average molecular weight is 578 g/mol. The normalized spacial score (nSPS) is 14.3. The molecular formula is C32H39N3O5S. The number of carbonyl (C=O) groups excluding carboxylic acids is 2. The van der Waals surface area contributed by atoms with Crippen LogP contribution >= 0.6 is 0 Å². The lowest BCUT2D eigenvalue weighted by Crippen LogP contribution is -2.53. The van der Waals surface area contributed by atoms with Crippen LogP contribution in [-0.2, 0) is 26.2 Å². The molecular weight excluding hydrogens is 538 g/mol. The van der Waals surface area contributed by atoms with Gasteiger partial charge >= 0.3 is 0 Å². The molecule has 0 heterocycles. The van der Waals surface area contributed by atoms with Crippen molar-refractivity contribution in [1.82, 2.24) is 10.2 Å². The minimum atomic E-state index is -4.12. The number of anilines is 1. The van der Waals surface area contributed by atoms with Crippen LogP contribution in [0.2, 0.25) is 0 Å². The molecule has 0 bridgehead atoms. The van der Waals surface area contributed by atoms with E-state index >= 15 is 0 Å². The molecule has 9 heteroatoms. The highest BCUT2D eigenvalue weighted by Gasteiger charge is 2.34. The molecule has 218 valence electrons. The fraction of sp³-hybridized carbons (Fsp3) is 0.375. The maximum atomic E-state index is 14.1. The van der Waals surface area contributed by atoms with Gasteiger partial charge in [-0.05, 0) is 68.1 Å². The molecule has 3 aromatic carbocycles. The van der Waals surface area contributed by atoms with E-state index in [4.69, 9.17) is 4.74 Å². The van der Waals surface area contributed by atoms with Gasteiger partial charge in [-0.2, -0.15) is 0 Å². The van der Waals surface area contributed by atoms with E-state index in [1.54, 1.807) is 36.4 Å². The van der Waals surface area contributed by atoms with E-state index in [1.807, 2.05) is 44.2 Å². The number of aryl methyl sites for hydroxylation is 1. The summed E-state index contributed by atoms with van der Waals surface area (Å²) < 4.78 is 34.3. The number of hydrogen-bond acceptors (Lipinski definition) is 5. The second kappa shape index (κ2) is 13.7. The molecule has 1 N–H and O–H groups in total. The van der Waals surface area contributed by atoms with Crippen LogP contribution in [0.3, 0.4) is 0 Å². The van der Waals surface area contributed by atoms with Crippen LogP contribution < -0.4 is 14.4 Å². The van der Waals surface area contributed by atoms with Crippen molar-refractivity contribution in [2.75, 3.05) is 18.0 Å². The minimum Gasteiger partial charge on any atom is -0.497 e. The second-order valence-electron chi connectivity index (χ2n) is 10.4. The summed E-state index contributed by atoms with van der Waals surface area (Å²) in [6.45, 7) is 3.46. The van der Waals surface area contributed by atoms with Gasteiger partial charge in [0, 0.05) is 12.6 Å². The van der Waals surface area contributed by atoms with Gasteiger partial charge in [0.15, 0.2) is 0 Å². The number of sulfonamides is 1. The van der Waals surface area contributed by atoms with Crippen LogP contribution in [0.25, 0.3) is 0 Å². The third-order valence-corrected chi connectivity index (χ3v) is 9.32. The Hall–Kier alpha value is -3.85. The number of ether oxygens (including phenoxy) is 1. The van der Waals surface area contributed by atoms with Crippen molar-refractivity contribution < 1.29 is 22.7 Å². The lowest BCUT2D eigenvalue weighted by atomic mass is 10.1. The topological polar surface area (TPSA) is 96.0 Å². The highest BCUT2D eigenvalue weighted by Crippen LogP contribution is 2.27. The number of hydrogen-bond donors (Lipinski definition) is 1. The van der Waals surface area contributed by atoms with Crippen molar-refractivity contribution in [1.29, 1.82) is 0 Å². The molecule has 3 aromatic rings. The summed E-state index contributed by atoms with van der Waals surface area (Å²) in [5.74, 6) is -0.108. The molecule has 4 rings (SSSR count). The molecule has 8 nitrogen and oxygen atoms in total. The first-order valence-electron chi connectivity index (χ1n) is 14.1. The van der Waals surface area contributed by atoms with Gasteiger partial charge in [0.05, 0.1) is 17.7 Å². The first-order valence-corrected chi connectivity index (χ1v) is 15.5. The third-order valence-electron chi connectivity index (χ3n) is 7.53. The number of nitrogens with one attached hydrogen (secondary N) is 1. The van der Waals surface area contributed by atoms with Crippen LogP contribution in [-0.4, -0.2) is 50.9 Å². The predicted molar refractivity (Wildman–Crippen MR) is 160 cm³/mol. The van der Waals surface area contributed by atoms with Gasteiger partial charge in [0.2, 0.25) is 11.8 Å². The Bertz CT molecular complexity index is 1400. The van der Waals surface area contributed by atoms with Crippen LogP contribution in [0, 0.1) is 6.92 Å². The molecule has 0 spiro atoms. The standard InChI is InChI=1S/C32H39N3O5S/c1-4-30(32(37)33-26-12-8-9-13-26)34(22-25-10-6-5-7-11-25)31(36)23-35(27-16-18-28(40-3)19-17-27)41(38,39)29-20-14-24(2)15-21-29/h5-7,10-11,14-21,26,30H,4,8-9,12-13,22-23H2,1-3H3,(H,33,37). The quantitative estimate of drug-likeness (QED) is 0.325. The summed E-state index contributed by atoms with van der Waals surface area (Å²) in [6.07, 6.45) is 4.39. The molecule has 1 saturated carbocycles. The van der Waals surface area contributed by atoms with Crippen LogP contribution in [0.15, 0.2) is 83.8 Å². The summed E-state index contributed by atoms with van der Waals surface area (Å²) >= 11 is 0. The Morgan fingerprint density at radius 2 is 1.59 bits per heavy atom. The van der Waals surface area contributed by atoms with E-state index in [1.165, 1.54) is 24.1 Å². The fourth-order valence-corrected chi connectivity index (χ4v) is 6.60. The lowest BCUT2D eigenvalue weighted by Gasteiger charge is -2.33. The summed E-state index contributed by atoms with van der Waals surface area (Å²) in [7, 11) is -2.59. The van der Waals surface area contributed by atoms with Crippen LogP contribution in [0.5, 0.6) is 5.75 Å². The molecule has 0 radical (unpaired) electrons. The van der Waals surface area contributed by atoms with Crippen molar-refractivity contribution in [3.63, 3.8) is 0 Å². The van der Waals surface area contributed by atoms with Crippen LogP contribution in [0.1, 0.15) is 50.2 Å². The molecule has 41 heavy (non-hydrogen) atoms. The minimum absolute atomic E-state index is 0.0762. The number of carbonyl (C=O) groups is 2. The van der Waals surface area contributed by atoms with Gasteiger partial charge in [-0.25, -0.2) is 8.42 Å². The van der Waals surface area contributed by atoms with E-state index in [-0.39, 0.29) is 23.4 Å². The first-order chi connectivity index (χ1) is 19.7. The highest BCUT2D eigenvalue weighted by molar-refractivity contribution is 7.92. The molecule has 1 atom stereocenters. The van der Waals surface area contributed by atoms with Gasteiger partial charge in [-0.3, -0.25) is 13.9 Å². The Kier molecular flexibility index (Phi) is 10.0. The molecule has 1 fully saturated rings. The van der Waals surface area contributed by atoms with E-state index in [9.17, 15) is 18.0 Å². The zero-order valence-corrected chi connectivity index (χ0v) is 24.8. The van der Waals surface area contributed by atoms with E-state index < -0.39 is 28.5 Å². The number of amides is 2. The Labute approximate surface area is 243 Å². The number of rotatable bonds is 12. The maximum Gasteiger partial charge on any atom is 0.264 e. The Morgan fingerprint density at radius 3 is 2.17 bits per heavy atom. The van der Waals surface area contributed by atoms with Gasteiger partial charge < -0.3 is 15.0 Å². The van der Waals surface area contributed by atoms with Gasteiger partial charge in [0.25, 0.3) is 10.0 Å². The zero-order valence-electron chi connectivity index (χ0n) is 24.0. The molecule has 0 aromatic heterocycles. The smallest absolute Gasteiger partial charge is 0.264 e. The summed E-state index contributed by atoms with van der Waals surface area (Å²) in [5.41, 5.74) is 2.09. The number of benzene rings is 3. The van der Waals surface area contributed by atoms with Crippen molar-refractivity contribution in [3.8, 4) is 5.75 Å². The average Bonchev–Trinajstić information content (AvgIpc) is 3.49. The fourth-order valence-electron chi connectivity index (χ4n) is 5.18. The second-order valence-corrected chi connectivity index (χ2v) is 12.3. The van der Waals surface area contributed by atoms with Gasteiger partial charge in [0.1, 0.15) is 18.3 Å². The molecule has 2 amide bonds. The van der Waals surface area contributed by atoms with Gasteiger partial charge in [-0.1, -0.05) is 67.8 Å². The van der Waals surface area contributed by atoms with Crippen molar-refractivity contribution in [2.24, 2.45) is 0 Å². The first kappa shape index (κ1) is 30.1. The molecule has 1 aliphatic carbocycles. The van der Waals surface area contributed by atoms with Crippen molar-refractivity contribution in [3.05, 3.63) is 90.0 Å². The van der Waals surface area contributed by atoms with Gasteiger partial charge in [-0.15, -0.1) is 0 Å². The summed E-state index contributed by atoms with van der Waals surface area (Å²) in [5, 5.41) is 3.13. The summed E-state index contributed by atoms with van der Waals surface area (Å²) in [4.78, 5) is 29.2. The van der Waals surface area contributed by atoms with Crippen molar-refractivity contribution >= 4 is 27.5 Å². The van der Waals surface area contributed by atoms with Crippen molar-refractivity contribution in [2.45, 2.75) is 69.5 Å². The molecule has 1 aliphatic rings. The molecule has 1 unspecified atom stereocenters. The third kappa shape index (κ3) is 7.47. The van der Waals surface area contributed by atoms with E-state index in [0.29, 0.717) is 17.9 Å². The largest absolute Gasteiger partial charge is 0.497 e. The number of methoxy groups -OCH3 is 1. The van der Waals surface area contributed by atoms with E-state index in [0.717, 1.165) is 41.1 Å². The van der Waals surface area contributed by atoms with Crippen LogP contribution in [0.4, 0.5) is 5.69 Å². The predicted octanol–water partition coefficient (Wildman–Crippen LogP) is 5.07. The number of nitrogens with zero attached hydrogens (tertiary/aromatic N) is 2.